The van der Waals surface area contributed by atoms with Gasteiger partial charge < -0.3 is 19.4 Å². The molecule has 5 nitrogen and oxygen atoms in total. The van der Waals surface area contributed by atoms with Crippen LogP contribution in [0.25, 0.3) is 39.4 Å². The molecule has 0 saturated carbocycles. The summed E-state index contributed by atoms with van der Waals surface area (Å²) >= 11 is 0. The second-order valence-electron chi connectivity index (χ2n) is 16.6. The summed E-state index contributed by atoms with van der Waals surface area (Å²) in [6, 6.07) is 58.6. The summed E-state index contributed by atoms with van der Waals surface area (Å²) in [5.41, 5.74) is 23.4. The van der Waals surface area contributed by atoms with Gasteiger partial charge in [0.05, 0.1) is 16.9 Å². The molecule has 2 aliphatic heterocycles. The maximum absolute atomic E-state index is 5.38. The van der Waals surface area contributed by atoms with E-state index in [4.69, 9.17) is 9.97 Å². The Bertz CT molecular complexity index is 3130. The Balaban J connectivity index is 0.00000445. The van der Waals surface area contributed by atoms with Crippen LogP contribution >= 0.6 is 0 Å². The van der Waals surface area contributed by atoms with Crippen molar-refractivity contribution in [2.75, 3.05) is 9.80 Å². The van der Waals surface area contributed by atoms with Crippen molar-refractivity contribution in [3.63, 3.8) is 0 Å². The van der Waals surface area contributed by atoms with Crippen LogP contribution < -0.4 is 26.2 Å². The number of hydrogen-bond acceptors (Lipinski definition) is 4. The summed E-state index contributed by atoms with van der Waals surface area (Å²) in [4.78, 5) is 15.1. The number of nitrogens with zero attached hydrogens (tertiary/aromatic N) is 5. The molecule has 0 atom stereocenters. The molecule has 7 heteroatoms. The Morgan fingerprint density at radius 2 is 1.05 bits per heavy atom. The maximum Gasteiger partial charge on any atom is 2.00 e. The summed E-state index contributed by atoms with van der Waals surface area (Å²) < 4.78 is 2.34. The molecule has 0 saturated heterocycles. The van der Waals surface area contributed by atoms with E-state index >= 15 is 0 Å². The topological polar surface area (TPSA) is 37.2 Å². The van der Waals surface area contributed by atoms with E-state index in [-0.39, 0.29) is 27.8 Å². The van der Waals surface area contributed by atoms with Gasteiger partial charge in [-0.2, -0.15) is 0 Å². The second-order valence-corrected chi connectivity index (χ2v) is 16.6. The molecule has 0 unspecified atom stereocenters. The number of aryl methyl sites for hydroxylation is 6. The molecular weight excluding hydrogens is 925 g/mol. The number of fused-ring (bicyclic) bond motifs is 5. The van der Waals surface area contributed by atoms with E-state index in [2.05, 4.69) is 195 Å². The van der Waals surface area contributed by atoms with Crippen LogP contribution in [0.15, 0.2) is 146 Å². The number of aromatic nitrogens is 3. The molecule has 61 heavy (non-hydrogen) atoms. The molecule has 2 aromatic heterocycles. The first kappa shape index (κ1) is 38.7. The van der Waals surface area contributed by atoms with Gasteiger partial charge in [-0.05, 0) is 152 Å². The standard InChI is InChI=1S/C54H42BN5.Pt/c1-33-25-34(2)28-41(27-33)58-47-22-20-39(45-15-9-10-24-56-45)31-43(47)55-44-32-40(54-57-46-16-7-8-17-49(46)60(54)53-37(5)13-11-14-38(53)6)21-23-48(44)59(42-29-35(3)26-36(4)30-42)51-19-12-18-50(58)52(51)55;/h7-30H,1-6H3;/q-2;+2. The molecule has 0 bridgehead atoms. The van der Waals surface area contributed by atoms with Gasteiger partial charge >= 0.3 is 21.1 Å². The van der Waals surface area contributed by atoms with Crippen LogP contribution in [0.4, 0.5) is 34.1 Å². The Labute approximate surface area is 372 Å². The van der Waals surface area contributed by atoms with Crippen molar-refractivity contribution in [2.24, 2.45) is 0 Å². The SMILES string of the molecule is Cc1cc(C)cc(N2c3ccc(-c4ccccn4)[c-]c3B3c4[c-]c(-c5nc6ccccc6n5-c5c(C)cccc5C)ccc4N(c4cc(C)cc(C)c4)c4cccc2c43)c1.[Pt+2]. The number of para-hydroxylation sites is 3. The zero-order valence-electron chi connectivity index (χ0n) is 35.0. The fraction of sp³-hybridized carbons (Fsp3) is 0.111. The van der Waals surface area contributed by atoms with Gasteiger partial charge in [-0.25, -0.2) is 0 Å². The Hall–Kier alpha value is -6.49. The number of hydrogen-bond donors (Lipinski definition) is 0. The van der Waals surface area contributed by atoms with E-state index in [0.717, 1.165) is 84.4 Å². The molecule has 9 aromatic rings. The molecule has 0 radical (unpaired) electrons. The number of benzene rings is 7. The summed E-state index contributed by atoms with van der Waals surface area (Å²) in [6.45, 7) is 12.9. The van der Waals surface area contributed by atoms with Gasteiger partial charge in [0.25, 0.3) is 0 Å². The zero-order chi connectivity index (χ0) is 40.8. The van der Waals surface area contributed by atoms with Gasteiger partial charge in [0.15, 0.2) is 0 Å². The van der Waals surface area contributed by atoms with Crippen molar-refractivity contribution < 1.29 is 21.1 Å². The monoisotopic (exact) mass is 966 g/mol. The molecule has 4 heterocycles. The van der Waals surface area contributed by atoms with Crippen LogP contribution in [-0.2, 0) is 21.1 Å². The fourth-order valence-electron chi connectivity index (χ4n) is 9.86. The third-order valence-electron chi connectivity index (χ3n) is 12.1. The molecule has 296 valence electrons. The van der Waals surface area contributed by atoms with Crippen LogP contribution in [-0.4, -0.2) is 21.2 Å². The van der Waals surface area contributed by atoms with Crippen LogP contribution in [0, 0.1) is 53.7 Å². The molecular formula is C54H42BN5Pt. The van der Waals surface area contributed by atoms with Gasteiger partial charge in [-0.1, -0.05) is 60.7 Å². The molecule has 7 aromatic carbocycles. The van der Waals surface area contributed by atoms with Crippen molar-refractivity contribution in [1.29, 1.82) is 0 Å². The number of rotatable bonds is 5. The third-order valence-corrected chi connectivity index (χ3v) is 12.1. The summed E-state index contributed by atoms with van der Waals surface area (Å²) in [7, 11) is 0. The Morgan fingerprint density at radius 1 is 0.508 bits per heavy atom. The first-order valence-electron chi connectivity index (χ1n) is 20.7. The van der Waals surface area contributed by atoms with Crippen molar-refractivity contribution in [3.8, 4) is 28.3 Å². The summed E-state index contributed by atoms with van der Waals surface area (Å²) in [5.74, 6) is 0.868. The Kier molecular flexibility index (Phi) is 9.45. The van der Waals surface area contributed by atoms with Gasteiger partial charge in [-0.15, -0.1) is 58.5 Å². The third kappa shape index (κ3) is 6.27. The van der Waals surface area contributed by atoms with Crippen LogP contribution in [0.2, 0.25) is 0 Å². The predicted octanol–water partition coefficient (Wildman–Crippen LogP) is 11.3. The molecule has 0 spiro atoms. The molecule has 0 N–H and O–H groups in total. The van der Waals surface area contributed by atoms with Crippen LogP contribution in [0.5, 0.6) is 0 Å². The minimum absolute atomic E-state index is 0. The minimum Gasteiger partial charge on any atom is -0.352 e. The van der Waals surface area contributed by atoms with E-state index in [9.17, 15) is 0 Å². The average Bonchev–Trinajstić information content (AvgIpc) is 3.62. The van der Waals surface area contributed by atoms with E-state index < -0.39 is 0 Å². The summed E-state index contributed by atoms with van der Waals surface area (Å²) in [6.07, 6.45) is 1.86. The first-order chi connectivity index (χ1) is 29.2. The fourth-order valence-corrected chi connectivity index (χ4v) is 9.86. The van der Waals surface area contributed by atoms with Crippen molar-refractivity contribution >= 4 is 68.3 Å². The number of imidazole rings is 1. The van der Waals surface area contributed by atoms with Crippen LogP contribution in [0.1, 0.15) is 33.4 Å². The number of anilines is 6. The van der Waals surface area contributed by atoms with Crippen molar-refractivity contribution in [2.45, 2.75) is 41.5 Å². The smallest absolute Gasteiger partial charge is 0.352 e. The van der Waals surface area contributed by atoms with E-state index in [0.29, 0.717) is 0 Å². The minimum atomic E-state index is -0.188. The van der Waals surface area contributed by atoms with Crippen molar-refractivity contribution in [3.05, 3.63) is 191 Å². The molecule has 2 aliphatic rings. The average molecular weight is 967 g/mol. The van der Waals surface area contributed by atoms with Gasteiger partial charge in [0.1, 0.15) is 0 Å². The molecule has 11 rings (SSSR count). The Morgan fingerprint density at radius 3 is 1.64 bits per heavy atom. The van der Waals surface area contributed by atoms with E-state index in [1.165, 1.54) is 38.8 Å². The van der Waals surface area contributed by atoms with Gasteiger partial charge in [0, 0.05) is 34.6 Å². The maximum atomic E-state index is 5.38. The van der Waals surface area contributed by atoms with Gasteiger partial charge in [0.2, 0.25) is 6.71 Å². The second kappa shape index (κ2) is 14.9. The van der Waals surface area contributed by atoms with Crippen LogP contribution in [0.3, 0.4) is 0 Å². The summed E-state index contributed by atoms with van der Waals surface area (Å²) in [5, 5.41) is 0. The quantitative estimate of drug-likeness (QED) is 0.127. The molecule has 0 amide bonds. The molecule has 0 fully saturated rings. The van der Waals surface area contributed by atoms with Crippen molar-refractivity contribution in [1.82, 2.24) is 14.5 Å². The van der Waals surface area contributed by atoms with E-state index in [1.54, 1.807) is 0 Å². The first-order valence-corrected chi connectivity index (χ1v) is 20.7. The van der Waals surface area contributed by atoms with Gasteiger partial charge in [-0.3, -0.25) is 4.98 Å². The predicted molar refractivity (Wildman–Crippen MR) is 250 cm³/mol. The number of pyridine rings is 1. The largest absolute Gasteiger partial charge is 2.00 e. The molecule has 0 aliphatic carbocycles. The van der Waals surface area contributed by atoms with E-state index in [1.807, 2.05) is 18.3 Å². The zero-order valence-corrected chi connectivity index (χ0v) is 37.3. The normalized spacial score (nSPS) is 12.5.